The van der Waals surface area contributed by atoms with Crippen molar-refractivity contribution in [2.45, 2.75) is 11.6 Å². The first kappa shape index (κ1) is 22.1. The molecule has 0 aliphatic rings. The molecular weight excluding hydrogens is 468 g/mol. The number of thiazole rings is 1. The third kappa shape index (κ3) is 4.52. The minimum atomic E-state index is -0.145. The van der Waals surface area contributed by atoms with Gasteiger partial charge < -0.3 is 10.1 Å². The summed E-state index contributed by atoms with van der Waals surface area (Å²) in [5.74, 6) is 1.06. The van der Waals surface area contributed by atoms with Crippen LogP contribution in [0.25, 0.3) is 26.8 Å². The molecule has 0 radical (unpaired) electrons. The SMILES string of the molecule is COc1ccc2nc(NC(=O)CCSc3nc4ccccc4c(=O)n3-c3ccccc3)sc2c1. The highest BCUT2D eigenvalue weighted by Gasteiger charge is 2.14. The molecule has 5 rings (SSSR count). The predicted octanol–water partition coefficient (Wildman–Crippen LogP) is 5.12. The first-order valence-corrected chi connectivity index (χ1v) is 12.4. The van der Waals surface area contributed by atoms with E-state index in [2.05, 4.69) is 10.3 Å². The van der Waals surface area contributed by atoms with Crippen LogP contribution >= 0.6 is 23.1 Å². The highest BCUT2D eigenvalue weighted by atomic mass is 32.2. The number of rotatable bonds is 7. The normalized spacial score (nSPS) is 11.1. The molecule has 3 aromatic carbocycles. The van der Waals surface area contributed by atoms with Crippen molar-refractivity contribution in [1.82, 2.24) is 14.5 Å². The van der Waals surface area contributed by atoms with Crippen LogP contribution in [0.15, 0.2) is 82.7 Å². The van der Waals surface area contributed by atoms with E-state index in [1.54, 1.807) is 17.7 Å². The maximum atomic E-state index is 13.2. The Bertz CT molecular complexity index is 1550. The molecule has 5 aromatic rings. The molecule has 2 aromatic heterocycles. The molecule has 0 saturated carbocycles. The highest BCUT2D eigenvalue weighted by Crippen LogP contribution is 2.29. The van der Waals surface area contributed by atoms with Gasteiger partial charge in [-0.05, 0) is 42.5 Å². The van der Waals surface area contributed by atoms with Gasteiger partial charge in [0.25, 0.3) is 5.56 Å². The summed E-state index contributed by atoms with van der Waals surface area (Å²) < 4.78 is 7.79. The smallest absolute Gasteiger partial charge is 0.266 e. The predicted molar refractivity (Wildman–Crippen MR) is 137 cm³/mol. The lowest BCUT2D eigenvalue weighted by atomic mass is 10.2. The van der Waals surface area contributed by atoms with E-state index in [0.717, 1.165) is 21.7 Å². The number of para-hydroxylation sites is 2. The molecule has 7 nitrogen and oxygen atoms in total. The average Bonchev–Trinajstić information content (AvgIpc) is 3.26. The van der Waals surface area contributed by atoms with Crippen molar-refractivity contribution >= 4 is 55.3 Å². The average molecular weight is 489 g/mol. The van der Waals surface area contributed by atoms with Crippen LogP contribution in [0, 0.1) is 0 Å². The zero-order chi connectivity index (χ0) is 23.5. The van der Waals surface area contributed by atoms with Gasteiger partial charge in [0.2, 0.25) is 5.91 Å². The first-order chi connectivity index (χ1) is 16.6. The molecule has 9 heteroatoms. The minimum absolute atomic E-state index is 0.131. The molecule has 0 aliphatic heterocycles. The Labute approximate surface area is 203 Å². The van der Waals surface area contributed by atoms with Gasteiger partial charge in [-0.2, -0.15) is 0 Å². The number of carbonyl (C=O) groups excluding carboxylic acids is 1. The lowest BCUT2D eigenvalue weighted by molar-refractivity contribution is -0.115. The number of ether oxygens (including phenoxy) is 1. The van der Waals surface area contributed by atoms with Crippen molar-refractivity contribution in [1.29, 1.82) is 0 Å². The summed E-state index contributed by atoms with van der Waals surface area (Å²) in [4.78, 5) is 35.0. The van der Waals surface area contributed by atoms with Gasteiger partial charge in [-0.25, -0.2) is 9.97 Å². The molecule has 1 N–H and O–H groups in total. The summed E-state index contributed by atoms with van der Waals surface area (Å²) in [6.45, 7) is 0. The van der Waals surface area contributed by atoms with E-state index in [0.29, 0.717) is 26.9 Å². The van der Waals surface area contributed by atoms with E-state index >= 15 is 0 Å². The fourth-order valence-corrected chi connectivity index (χ4v) is 5.38. The van der Waals surface area contributed by atoms with Crippen LogP contribution in [0.2, 0.25) is 0 Å². The Morgan fingerprint density at radius 2 is 1.82 bits per heavy atom. The van der Waals surface area contributed by atoms with Crippen LogP contribution in [0.1, 0.15) is 6.42 Å². The standard InChI is InChI=1S/C25H20N4O3S2/c1-32-17-11-12-20-21(15-17)34-24(26-20)28-22(30)13-14-33-25-27-19-10-6-5-9-18(19)23(31)29(25)16-7-3-2-4-8-16/h2-12,15H,13-14H2,1H3,(H,26,28,30). The third-order valence-electron chi connectivity index (χ3n) is 5.16. The topological polar surface area (TPSA) is 86.1 Å². The van der Waals surface area contributed by atoms with E-state index in [-0.39, 0.29) is 17.9 Å². The van der Waals surface area contributed by atoms with Gasteiger partial charge in [-0.15, -0.1) is 0 Å². The van der Waals surface area contributed by atoms with Gasteiger partial charge in [0.15, 0.2) is 10.3 Å². The van der Waals surface area contributed by atoms with Gasteiger partial charge in [0, 0.05) is 12.2 Å². The number of benzene rings is 3. The molecule has 0 spiro atoms. The number of thioether (sulfide) groups is 1. The molecular formula is C25H20N4O3S2. The van der Waals surface area contributed by atoms with Crippen molar-refractivity contribution in [3.05, 3.63) is 83.2 Å². The van der Waals surface area contributed by atoms with Gasteiger partial charge in [-0.1, -0.05) is 53.4 Å². The fraction of sp³-hybridized carbons (Fsp3) is 0.120. The van der Waals surface area contributed by atoms with Gasteiger partial charge in [0.05, 0.1) is 33.9 Å². The summed E-state index contributed by atoms with van der Waals surface area (Å²) in [6, 6.07) is 22.3. The molecule has 2 heterocycles. The summed E-state index contributed by atoms with van der Waals surface area (Å²) in [5.41, 5.74) is 2.05. The minimum Gasteiger partial charge on any atom is -0.497 e. The second-order valence-electron chi connectivity index (χ2n) is 7.39. The maximum absolute atomic E-state index is 13.2. The van der Waals surface area contributed by atoms with Crippen LogP contribution in [-0.2, 0) is 4.79 Å². The molecule has 0 atom stereocenters. The number of aromatic nitrogens is 3. The van der Waals surface area contributed by atoms with E-state index < -0.39 is 0 Å². The second-order valence-corrected chi connectivity index (χ2v) is 9.48. The lowest BCUT2D eigenvalue weighted by Crippen LogP contribution is -2.22. The van der Waals surface area contributed by atoms with E-state index in [4.69, 9.17) is 9.72 Å². The Balaban J connectivity index is 1.33. The fourth-order valence-electron chi connectivity index (χ4n) is 3.52. The third-order valence-corrected chi connectivity index (χ3v) is 7.04. The van der Waals surface area contributed by atoms with Crippen LogP contribution in [0.4, 0.5) is 5.13 Å². The Morgan fingerprint density at radius 3 is 2.65 bits per heavy atom. The number of carbonyl (C=O) groups is 1. The molecule has 0 bridgehead atoms. The van der Waals surface area contributed by atoms with E-state index in [1.165, 1.54) is 23.1 Å². The molecule has 0 saturated heterocycles. The van der Waals surface area contributed by atoms with Crippen molar-refractivity contribution in [2.24, 2.45) is 0 Å². The second kappa shape index (κ2) is 9.66. The Morgan fingerprint density at radius 1 is 1.03 bits per heavy atom. The number of fused-ring (bicyclic) bond motifs is 2. The first-order valence-electron chi connectivity index (χ1n) is 10.6. The van der Waals surface area contributed by atoms with Crippen molar-refractivity contribution < 1.29 is 9.53 Å². The molecule has 34 heavy (non-hydrogen) atoms. The summed E-state index contributed by atoms with van der Waals surface area (Å²) >= 11 is 2.78. The number of methoxy groups -OCH3 is 1. The lowest BCUT2D eigenvalue weighted by Gasteiger charge is -2.13. The summed E-state index contributed by atoms with van der Waals surface area (Å²) in [5, 5.41) is 4.52. The van der Waals surface area contributed by atoms with Gasteiger partial charge >= 0.3 is 0 Å². The maximum Gasteiger partial charge on any atom is 0.266 e. The molecule has 170 valence electrons. The molecule has 0 unspecified atom stereocenters. The summed E-state index contributed by atoms with van der Waals surface area (Å²) in [6.07, 6.45) is 0.251. The number of nitrogens with one attached hydrogen (secondary N) is 1. The van der Waals surface area contributed by atoms with Crippen LogP contribution in [-0.4, -0.2) is 33.3 Å². The number of hydrogen-bond acceptors (Lipinski definition) is 7. The van der Waals surface area contributed by atoms with Gasteiger partial charge in [0.1, 0.15) is 5.75 Å². The summed E-state index contributed by atoms with van der Waals surface area (Å²) in [7, 11) is 1.62. The quantitative estimate of drug-likeness (QED) is 0.253. The van der Waals surface area contributed by atoms with E-state index in [9.17, 15) is 9.59 Å². The molecule has 1 amide bonds. The van der Waals surface area contributed by atoms with Gasteiger partial charge in [-0.3, -0.25) is 14.2 Å². The van der Waals surface area contributed by atoms with Crippen molar-refractivity contribution in [3.8, 4) is 11.4 Å². The Kier molecular flexibility index (Phi) is 6.29. The van der Waals surface area contributed by atoms with Crippen LogP contribution < -0.4 is 15.6 Å². The highest BCUT2D eigenvalue weighted by molar-refractivity contribution is 7.99. The largest absolute Gasteiger partial charge is 0.497 e. The number of amides is 1. The number of hydrogen-bond donors (Lipinski definition) is 1. The van der Waals surface area contributed by atoms with Crippen LogP contribution in [0.3, 0.4) is 0 Å². The Hall–Kier alpha value is -3.69. The number of anilines is 1. The van der Waals surface area contributed by atoms with Crippen molar-refractivity contribution in [2.75, 3.05) is 18.2 Å². The van der Waals surface area contributed by atoms with Crippen LogP contribution in [0.5, 0.6) is 5.75 Å². The number of nitrogens with zero attached hydrogens (tertiary/aromatic N) is 3. The zero-order valence-electron chi connectivity index (χ0n) is 18.2. The van der Waals surface area contributed by atoms with E-state index in [1.807, 2.05) is 66.7 Å². The van der Waals surface area contributed by atoms with Crippen molar-refractivity contribution in [3.63, 3.8) is 0 Å². The molecule has 0 fully saturated rings. The monoisotopic (exact) mass is 488 g/mol. The zero-order valence-corrected chi connectivity index (χ0v) is 19.9. The molecule has 0 aliphatic carbocycles.